The monoisotopic (exact) mass is 321 g/mol. The number of aromatic hydroxyl groups is 1. The SMILES string of the molecule is CCCCCCCCCCCC(N)OC(=O)c1cccc(O)c1. The minimum absolute atomic E-state index is 0.0481. The third kappa shape index (κ3) is 9.24. The Balaban J connectivity index is 2.06. The number of hydrogen-bond donors (Lipinski definition) is 2. The maximum atomic E-state index is 11.9. The molecule has 1 aromatic rings. The Kier molecular flexibility index (Phi) is 10.1. The molecule has 0 aliphatic carbocycles. The van der Waals surface area contributed by atoms with Gasteiger partial charge in [-0.3, -0.25) is 5.73 Å². The van der Waals surface area contributed by atoms with E-state index < -0.39 is 12.2 Å². The molecule has 1 rings (SSSR count). The summed E-state index contributed by atoms with van der Waals surface area (Å²) in [5, 5.41) is 9.35. The highest BCUT2D eigenvalue weighted by Crippen LogP contribution is 2.14. The summed E-state index contributed by atoms with van der Waals surface area (Å²) in [5.41, 5.74) is 6.17. The molecular formula is C19H31NO3. The minimum atomic E-state index is -0.575. The smallest absolute Gasteiger partial charge is 0.339 e. The van der Waals surface area contributed by atoms with E-state index in [4.69, 9.17) is 10.5 Å². The van der Waals surface area contributed by atoms with Crippen LogP contribution in [0.3, 0.4) is 0 Å². The van der Waals surface area contributed by atoms with Gasteiger partial charge in [0.05, 0.1) is 5.56 Å². The number of rotatable bonds is 12. The van der Waals surface area contributed by atoms with Gasteiger partial charge < -0.3 is 9.84 Å². The molecule has 0 aliphatic rings. The lowest BCUT2D eigenvalue weighted by atomic mass is 10.1. The molecule has 0 fully saturated rings. The van der Waals surface area contributed by atoms with Crippen LogP contribution in [0.15, 0.2) is 24.3 Å². The van der Waals surface area contributed by atoms with Crippen LogP contribution in [0.4, 0.5) is 0 Å². The number of phenolic OH excluding ortho intramolecular Hbond substituents is 1. The van der Waals surface area contributed by atoms with Gasteiger partial charge in [-0.1, -0.05) is 64.4 Å². The van der Waals surface area contributed by atoms with Gasteiger partial charge in [0.25, 0.3) is 0 Å². The van der Waals surface area contributed by atoms with Crippen LogP contribution < -0.4 is 5.73 Å². The second-order valence-corrected chi connectivity index (χ2v) is 6.11. The summed E-state index contributed by atoms with van der Waals surface area (Å²) in [6.07, 6.45) is 11.4. The van der Waals surface area contributed by atoms with E-state index in [0.29, 0.717) is 12.0 Å². The van der Waals surface area contributed by atoms with Crippen molar-refractivity contribution in [2.45, 2.75) is 77.4 Å². The fourth-order valence-electron chi connectivity index (χ4n) is 2.55. The average molecular weight is 321 g/mol. The normalized spacial score (nSPS) is 12.1. The predicted octanol–water partition coefficient (Wildman–Crippen LogP) is 4.75. The summed E-state index contributed by atoms with van der Waals surface area (Å²) in [6.45, 7) is 2.23. The predicted molar refractivity (Wildman–Crippen MR) is 93.3 cm³/mol. The van der Waals surface area contributed by atoms with Crippen molar-refractivity contribution in [2.24, 2.45) is 5.73 Å². The van der Waals surface area contributed by atoms with Crippen molar-refractivity contribution in [3.63, 3.8) is 0 Å². The Labute approximate surface area is 140 Å². The van der Waals surface area contributed by atoms with Gasteiger partial charge in [-0.05, 0) is 31.0 Å². The van der Waals surface area contributed by atoms with Crippen LogP contribution in [0.2, 0.25) is 0 Å². The van der Waals surface area contributed by atoms with Crippen molar-refractivity contribution in [2.75, 3.05) is 0 Å². The first-order valence-electron chi connectivity index (χ1n) is 8.89. The molecule has 1 unspecified atom stereocenters. The average Bonchev–Trinajstić information content (AvgIpc) is 2.53. The molecule has 0 amide bonds. The molecule has 0 aliphatic heterocycles. The van der Waals surface area contributed by atoms with E-state index in [1.165, 1.54) is 57.1 Å². The molecular weight excluding hydrogens is 290 g/mol. The van der Waals surface area contributed by atoms with Crippen LogP contribution >= 0.6 is 0 Å². The lowest BCUT2D eigenvalue weighted by Gasteiger charge is -2.13. The topological polar surface area (TPSA) is 72.5 Å². The second kappa shape index (κ2) is 11.9. The van der Waals surface area contributed by atoms with E-state index in [0.717, 1.165) is 12.8 Å². The van der Waals surface area contributed by atoms with Gasteiger partial charge in [-0.2, -0.15) is 0 Å². The minimum Gasteiger partial charge on any atom is -0.508 e. The molecule has 130 valence electrons. The van der Waals surface area contributed by atoms with Crippen molar-refractivity contribution in [1.82, 2.24) is 0 Å². The first-order chi connectivity index (χ1) is 11.1. The number of carbonyl (C=O) groups is 1. The van der Waals surface area contributed by atoms with Crippen LogP contribution in [0.5, 0.6) is 5.75 Å². The van der Waals surface area contributed by atoms with E-state index in [1.54, 1.807) is 12.1 Å². The van der Waals surface area contributed by atoms with Crippen molar-refractivity contribution in [1.29, 1.82) is 0 Å². The maximum Gasteiger partial charge on any atom is 0.339 e. The molecule has 0 spiro atoms. The van der Waals surface area contributed by atoms with Gasteiger partial charge in [0.2, 0.25) is 0 Å². The quantitative estimate of drug-likeness (QED) is 0.331. The third-order valence-corrected chi connectivity index (χ3v) is 3.93. The molecule has 4 heteroatoms. The number of unbranched alkanes of at least 4 members (excludes halogenated alkanes) is 8. The van der Waals surface area contributed by atoms with Crippen LogP contribution in [-0.4, -0.2) is 17.3 Å². The Morgan fingerprint density at radius 1 is 1.09 bits per heavy atom. The molecule has 1 atom stereocenters. The third-order valence-electron chi connectivity index (χ3n) is 3.93. The first-order valence-corrected chi connectivity index (χ1v) is 8.89. The molecule has 0 radical (unpaired) electrons. The summed E-state index contributed by atoms with van der Waals surface area (Å²) >= 11 is 0. The molecule has 23 heavy (non-hydrogen) atoms. The van der Waals surface area contributed by atoms with E-state index in [9.17, 15) is 9.90 Å². The molecule has 0 aromatic heterocycles. The van der Waals surface area contributed by atoms with Crippen LogP contribution in [0.25, 0.3) is 0 Å². The van der Waals surface area contributed by atoms with Gasteiger partial charge in [0.1, 0.15) is 5.75 Å². The second-order valence-electron chi connectivity index (χ2n) is 6.11. The highest BCUT2D eigenvalue weighted by atomic mass is 16.6. The molecule has 1 aromatic carbocycles. The Hall–Kier alpha value is -1.55. The van der Waals surface area contributed by atoms with Crippen molar-refractivity contribution >= 4 is 5.97 Å². The fourth-order valence-corrected chi connectivity index (χ4v) is 2.55. The highest BCUT2D eigenvalue weighted by Gasteiger charge is 2.12. The van der Waals surface area contributed by atoms with Crippen molar-refractivity contribution in [3.8, 4) is 5.75 Å². The van der Waals surface area contributed by atoms with Crippen molar-refractivity contribution < 1.29 is 14.6 Å². The summed E-state index contributed by atoms with van der Waals surface area (Å²) < 4.78 is 5.19. The zero-order valence-corrected chi connectivity index (χ0v) is 14.3. The first kappa shape index (κ1) is 19.5. The van der Waals surface area contributed by atoms with E-state index in [-0.39, 0.29) is 5.75 Å². The number of benzene rings is 1. The van der Waals surface area contributed by atoms with E-state index >= 15 is 0 Å². The Bertz CT molecular complexity index is 448. The molecule has 0 heterocycles. The number of phenols is 1. The summed E-state index contributed by atoms with van der Waals surface area (Å²) in [4.78, 5) is 11.9. The molecule has 0 bridgehead atoms. The molecule has 0 saturated heterocycles. The number of esters is 1. The number of hydrogen-bond acceptors (Lipinski definition) is 4. The largest absolute Gasteiger partial charge is 0.508 e. The Morgan fingerprint density at radius 3 is 2.30 bits per heavy atom. The lowest BCUT2D eigenvalue weighted by Crippen LogP contribution is -2.27. The number of nitrogens with two attached hydrogens (primary N) is 1. The molecule has 4 nitrogen and oxygen atoms in total. The number of ether oxygens (including phenoxy) is 1. The summed E-state index contributed by atoms with van der Waals surface area (Å²) in [7, 11) is 0. The van der Waals surface area contributed by atoms with Gasteiger partial charge in [-0.15, -0.1) is 0 Å². The van der Waals surface area contributed by atoms with Gasteiger partial charge >= 0.3 is 5.97 Å². The van der Waals surface area contributed by atoms with Crippen LogP contribution in [0, 0.1) is 0 Å². The van der Waals surface area contributed by atoms with Crippen molar-refractivity contribution in [3.05, 3.63) is 29.8 Å². The van der Waals surface area contributed by atoms with Gasteiger partial charge in [0.15, 0.2) is 6.23 Å². The molecule has 3 N–H and O–H groups in total. The number of carbonyl (C=O) groups excluding carboxylic acids is 1. The standard InChI is InChI=1S/C19H31NO3/c1-2-3-4-5-6-7-8-9-10-14-18(20)23-19(22)16-12-11-13-17(21)15-16/h11-13,15,18,21H,2-10,14,20H2,1H3. The zero-order valence-electron chi connectivity index (χ0n) is 14.3. The Morgan fingerprint density at radius 2 is 1.70 bits per heavy atom. The highest BCUT2D eigenvalue weighted by molar-refractivity contribution is 5.89. The van der Waals surface area contributed by atoms with E-state index in [2.05, 4.69) is 6.92 Å². The van der Waals surface area contributed by atoms with Gasteiger partial charge in [-0.25, -0.2) is 4.79 Å². The van der Waals surface area contributed by atoms with Crippen LogP contribution in [-0.2, 0) is 4.74 Å². The molecule has 0 saturated carbocycles. The summed E-state index contributed by atoms with van der Waals surface area (Å²) in [5.74, 6) is -0.434. The zero-order chi connectivity index (χ0) is 16.9. The lowest BCUT2D eigenvalue weighted by molar-refractivity contribution is 0.0291. The van der Waals surface area contributed by atoms with Gasteiger partial charge in [0, 0.05) is 0 Å². The summed E-state index contributed by atoms with van der Waals surface area (Å²) in [6, 6.07) is 6.11. The maximum absolute atomic E-state index is 11.9. The van der Waals surface area contributed by atoms with E-state index in [1.807, 2.05) is 0 Å². The van der Waals surface area contributed by atoms with Crippen LogP contribution in [0.1, 0.15) is 81.5 Å². The fraction of sp³-hybridized carbons (Fsp3) is 0.632.